The van der Waals surface area contributed by atoms with Gasteiger partial charge in [0.15, 0.2) is 11.5 Å². The molecule has 0 saturated carbocycles. The molecule has 3 heterocycles. The molecule has 1 aromatic carbocycles. The molecular formula is C21H20N4O3S2. The first-order chi connectivity index (χ1) is 14.7. The van der Waals surface area contributed by atoms with Gasteiger partial charge in [0.1, 0.15) is 16.2 Å². The molecule has 154 valence electrons. The van der Waals surface area contributed by atoms with Gasteiger partial charge in [-0.05, 0) is 54.5 Å². The van der Waals surface area contributed by atoms with Crippen molar-refractivity contribution in [3.05, 3.63) is 40.5 Å². The summed E-state index contributed by atoms with van der Waals surface area (Å²) in [5.74, 6) is 2.17. The molecule has 0 unspecified atom stereocenters. The third-order valence-corrected chi connectivity index (χ3v) is 7.35. The lowest BCUT2D eigenvalue weighted by atomic mass is 9.89. The fourth-order valence-corrected chi connectivity index (χ4v) is 5.93. The lowest BCUT2D eigenvalue weighted by molar-refractivity contribution is -0.118. The van der Waals surface area contributed by atoms with Crippen molar-refractivity contribution in [2.24, 2.45) is 11.0 Å². The highest BCUT2D eigenvalue weighted by atomic mass is 32.2. The molecule has 9 heteroatoms. The zero-order valence-electron chi connectivity index (χ0n) is 16.4. The minimum atomic E-state index is -0.179. The van der Waals surface area contributed by atoms with Crippen LogP contribution in [0.1, 0.15) is 29.3 Å². The molecule has 1 aliphatic heterocycles. The van der Waals surface area contributed by atoms with Crippen LogP contribution in [0.15, 0.2) is 34.7 Å². The van der Waals surface area contributed by atoms with E-state index in [-0.39, 0.29) is 18.5 Å². The van der Waals surface area contributed by atoms with E-state index in [1.807, 2.05) is 18.2 Å². The summed E-state index contributed by atoms with van der Waals surface area (Å²) in [6.07, 6.45) is 6.53. The van der Waals surface area contributed by atoms with Crippen molar-refractivity contribution in [3.63, 3.8) is 0 Å². The van der Waals surface area contributed by atoms with Crippen molar-refractivity contribution in [2.75, 3.05) is 12.5 Å². The highest BCUT2D eigenvalue weighted by molar-refractivity contribution is 8.00. The molecule has 7 nitrogen and oxygen atoms in total. The number of hydrogen-bond acceptors (Lipinski definition) is 8. The van der Waals surface area contributed by atoms with Gasteiger partial charge in [-0.25, -0.2) is 15.4 Å². The predicted molar refractivity (Wildman–Crippen MR) is 118 cm³/mol. The van der Waals surface area contributed by atoms with Gasteiger partial charge in [-0.15, -0.1) is 11.3 Å². The monoisotopic (exact) mass is 440 g/mol. The van der Waals surface area contributed by atoms with E-state index in [1.54, 1.807) is 23.9 Å². The van der Waals surface area contributed by atoms with Gasteiger partial charge in [-0.1, -0.05) is 18.7 Å². The summed E-state index contributed by atoms with van der Waals surface area (Å²) >= 11 is 3.20. The van der Waals surface area contributed by atoms with Crippen LogP contribution in [-0.4, -0.2) is 34.6 Å². The number of hydrazone groups is 1. The lowest BCUT2D eigenvalue weighted by Crippen LogP contribution is -2.19. The smallest absolute Gasteiger partial charge is 0.250 e. The van der Waals surface area contributed by atoms with Gasteiger partial charge in [0, 0.05) is 10.3 Å². The summed E-state index contributed by atoms with van der Waals surface area (Å²) in [5, 5.41) is 6.05. The van der Waals surface area contributed by atoms with Gasteiger partial charge < -0.3 is 9.47 Å². The number of fused-ring (bicyclic) bond motifs is 4. The van der Waals surface area contributed by atoms with Crippen LogP contribution in [0.2, 0.25) is 0 Å². The van der Waals surface area contributed by atoms with Crippen LogP contribution in [0.25, 0.3) is 10.2 Å². The number of thioether (sulfide) groups is 1. The zero-order chi connectivity index (χ0) is 20.5. The number of amides is 1. The van der Waals surface area contributed by atoms with Crippen LogP contribution in [0.4, 0.5) is 0 Å². The summed E-state index contributed by atoms with van der Waals surface area (Å²) in [6, 6.07) is 5.51. The number of thiophene rings is 1. The normalized spacial score (nSPS) is 17.4. The molecule has 30 heavy (non-hydrogen) atoms. The Balaban J connectivity index is 1.23. The van der Waals surface area contributed by atoms with Crippen molar-refractivity contribution < 1.29 is 14.3 Å². The van der Waals surface area contributed by atoms with Gasteiger partial charge in [0.25, 0.3) is 0 Å². The Morgan fingerprint density at radius 3 is 3.20 bits per heavy atom. The van der Waals surface area contributed by atoms with Crippen molar-refractivity contribution in [1.82, 2.24) is 15.4 Å². The Kier molecular flexibility index (Phi) is 5.30. The number of nitrogens with zero attached hydrogens (tertiary/aromatic N) is 3. The molecule has 1 N–H and O–H groups in total. The maximum absolute atomic E-state index is 12.3. The molecule has 0 saturated heterocycles. The fourth-order valence-electron chi connectivity index (χ4n) is 3.69. The molecule has 5 rings (SSSR count). The molecule has 2 aromatic heterocycles. The summed E-state index contributed by atoms with van der Waals surface area (Å²) in [5.41, 5.74) is 4.77. The van der Waals surface area contributed by atoms with Crippen molar-refractivity contribution in [3.8, 4) is 11.5 Å². The van der Waals surface area contributed by atoms with Gasteiger partial charge in [-0.3, -0.25) is 4.79 Å². The van der Waals surface area contributed by atoms with E-state index in [4.69, 9.17) is 9.47 Å². The highest BCUT2D eigenvalue weighted by Crippen LogP contribution is 2.40. The molecule has 0 spiro atoms. The molecule has 3 aromatic rings. The number of ether oxygens (including phenoxy) is 2. The first-order valence-corrected chi connectivity index (χ1v) is 11.6. The fraction of sp³-hybridized carbons (Fsp3) is 0.333. The second kappa shape index (κ2) is 8.23. The van der Waals surface area contributed by atoms with Crippen LogP contribution in [0.3, 0.4) is 0 Å². The molecule has 1 atom stereocenters. The number of benzene rings is 1. The number of aryl methyl sites for hydroxylation is 1. The number of carbonyl (C=O) groups is 1. The first-order valence-electron chi connectivity index (χ1n) is 9.77. The molecule has 0 radical (unpaired) electrons. The van der Waals surface area contributed by atoms with Crippen LogP contribution in [-0.2, 0) is 17.6 Å². The molecule has 2 aliphatic rings. The summed E-state index contributed by atoms with van der Waals surface area (Å²) in [7, 11) is 0. The van der Waals surface area contributed by atoms with Crippen LogP contribution < -0.4 is 14.9 Å². The van der Waals surface area contributed by atoms with Crippen molar-refractivity contribution >= 4 is 45.4 Å². The lowest BCUT2D eigenvalue weighted by Gasteiger charge is -2.18. The summed E-state index contributed by atoms with van der Waals surface area (Å²) in [4.78, 5) is 23.6. The third kappa shape index (κ3) is 3.87. The van der Waals surface area contributed by atoms with Crippen LogP contribution >= 0.6 is 23.1 Å². The SMILES string of the molecule is C[C@H]1CCc2c(sc3ncnc(SCC(=O)N/N=C\c4ccc5c(c4)OCO5)c23)C1. The molecule has 0 fully saturated rings. The van der Waals surface area contributed by atoms with E-state index in [9.17, 15) is 4.79 Å². The highest BCUT2D eigenvalue weighted by Gasteiger charge is 2.23. The number of hydrogen-bond donors (Lipinski definition) is 1. The third-order valence-electron chi connectivity index (χ3n) is 5.20. The van der Waals surface area contributed by atoms with Gasteiger partial charge in [-0.2, -0.15) is 5.10 Å². The van der Waals surface area contributed by atoms with Gasteiger partial charge >= 0.3 is 0 Å². The second-order valence-corrected chi connectivity index (χ2v) is 9.45. The van der Waals surface area contributed by atoms with Gasteiger partial charge in [0.2, 0.25) is 12.7 Å². The summed E-state index contributed by atoms with van der Waals surface area (Å²) in [6.45, 7) is 2.52. The number of carbonyl (C=O) groups excluding carboxylic acids is 1. The number of aromatic nitrogens is 2. The van der Waals surface area contributed by atoms with Crippen molar-refractivity contribution in [2.45, 2.75) is 31.2 Å². The van der Waals surface area contributed by atoms with Crippen LogP contribution in [0, 0.1) is 5.92 Å². The van der Waals surface area contributed by atoms with E-state index in [1.165, 1.54) is 28.6 Å². The first kappa shape index (κ1) is 19.3. The maximum Gasteiger partial charge on any atom is 0.250 e. The number of nitrogens with one attached hydrogen (secondary N) is 1. The van der Waals surface area contributed by atoms with E-state index >= 15 is 0 Å². The van der Waals surface area contributed by atoms with E-state index < -0.39 is 0 Å². The number of rotatable bonds is 5. The van der Waals surface area contributed by atoms with E-state index in [0.717, 1.165) is 33.6 Å². The Hall–Kier alpha value is -2.65. The zero-order valence-corrected chi connectivity index (χ0v) is 18.0. The predicted octanol–water partition coefficient (Wildman–Crippen LogP) is 3.79. The Bertz CT molecular complexity index is 1140. The maximum atomic E-state index is 12.3. The molecule has 1 amide bonds. The van der Waals surface area contributed by atoms with E-state index in [0.29, 0.717) is 17.4 Å². The topological polar surface area (TPSA) is 85.7 Å². The Labute approximate surface area is 181 Å². The van der Waals surface area contributed by atoms with Crippen LogP contribution in [0.5, 0.6) is 11.5 Å². The quantitative estimate of drug-likeness (QED) is 0.281. The average Bonchev–Trinajstić information content (AvgIpc) is 3.35. The minimum absolute atomic E-state index is 0.179. The standard InChI is InChI=1S/C21H20N4O3S2/c1-12-2-4-14-17(6-12)30-21-19(14)20(22-10-23-21)29-9-18(26)25-24-8-13-3-5-15-16(7-13)28-11-27-15/h3,5,7-8,10,12H,2,4,6,9,11H2,1H3,(H,25,26)/b24-8-/t12-/m0/s1. The Morgan fingerprint density at radius 1 is 1.37 bits per heavy atom. The Morgan fingerprint density at radius 2 is 2.27 bits per heavy atom. The molecular weight excluding hydrogens is 420 g/mol. The molecule has 0 bridgehead atoms. The average molecular weight is 441 g/mol. The van der Waals surface area contributed by atoms with Gasteiger partial charge in [0.05, 0.1) is 12.0 Å². The largest absolute Gasteiger partial charge is 0.454 e. The molecule has 1 aliphatic carbocycles. The van der Waals surface area contributed by atoms with Crippen molar-refractivity contribution in [1.29, 1.82) is 0 Å². The van der Waals surface area contributed by atoms with E-state index in [2.05, 4.69) is 27.4 Å². The summed E-state index contributed by atoms with van der Waals surface area (Å²) < 4.78 is 10.6. The second-order valence-electron chi connectivity index (χ2n) is 7.41. The minimum Gasteiger partial charge on any atom is -0.454 e.